The smallest absolute Gasteiger partial charge is 0.257 e. The molecule has 2 fully saturated rings. The Balaban J connectivity index is 1.71. The minimum Gasteiger partial charge on any atom is -0.341 e. The molecular formula is C17H26N4O3S. The molecule has 0 N–H and O–H groups in total. The second kappa shape index (κ2) is 7.68. The van der Waals surface area contributed by atoms with Crippen molar-refractivity contribution in [1.29, 1.82) is 0 Å². The first-order valence-corrected chi connectivity index (χ1v) is 10.9. The molecule has 25 heavy (non-hydrogen) atoms. The van der Waals surface area contributed by atoms with E-state index in [1.54, 1.807) is 17.3 Å². The predicted octanol–water partition coefficient (Wildman–Crippen LogP) is 1.51. The number of anilines is 1. The molecule has 138 valence electrons. The van der Waals surface area contributed by atoms with E-state index in [4.69, 9.17) is 0 Å². The summed E-state index contributed by atoms with van der Waals surface area (Å²) in [6.45, 7) is 4.25. The molecule has 1 unspecified atom stereocenters. The van der Waals surface area contributed by atoms with E-state index in [-0.39, 0.29) is 23.5 Å². The molecule has 2 aliphatic rings. The van der Waals surface area contributed by atoms with Gasteiger partial charge in [0.1, 0.15) is 0 Å². The van der Waals surface area contributed by atoms with Crippen LogP contribution in [0.2, 0.25) is 0 Å². The van der Waals surface area contributed by atoms with Gasteiger partial charge in [-0.3, -0.25) is 4.79 Å². The quantitative estimate of drug-likeness (QED) is 0.803. The van der Waals surface area contributed by atoms with Gasteiger partial charge in [0.05, 0.1) is 17.1 Å². The van der Waals surface area contributed by atoms with Crippen LogP contribution in [-0.4, -0.2) is 66.4 Å². The van der Waals surface area contributed by atoms with E-state index < -0.39 is 9.84 Å². The third-order valence-corrected chi connectivity index (χ3v) is 6.78. The van der Waals surface area contributed by atoms with Crippen molar-refractivity contribution < 1.29 is 13.2 Å². The Kier molecular flexibility index (Phi) is 5.56. The SMILES string of the molecule is CCN(C(=O)c1cnc(N2CCCCCC2)nc1)C1CCS(=O)(=O)C1. The highest BCUT2D eigenvalue weighted by Crippen LogP contribution is 2.20. The van der Waals surface area contributed by atoms with Crippen LogP contribution in [0.5, 0.6) is 0 Å². The molecule has 0 saturated carbocycles. The first-order valence-electron chi connectivity index (χ1n) is 9.08. The van der Waals surface area contributed by atoms with E-state index in [9.17, 15) is 13.2 Å². The monoisotopic (exact) mass is 366 g/mol. The first-order chi connectivity index (χ1) is 12.0. The highest BCUT2D eigenvalue weighted by molar-refractivity contribution is 7.91. The van der Waals surface area contributed by atoms with E-state index in [0.717, 1.165) is 25.9 Å². The van der Waals surface area contributed by atoms with Crippen LogP contribution in [-0.2, 0) is 9.84 Å². The summed E-state index contributed by atoms with van der Waals surface area (Å²) in [6.07, 6.45) is 8.41. The van der Waals surface area contributed by atoms with Crippen molar-refractivity contribution in [3.05, 3.63) is 18.0 Å². The van der Waals surface area contributed by atoms with Gasteiger partial charge in [0, 0.05) is 38.1 Å². The topological polar surface area (TPSA) is 83.5 Å². The molecular weight excluding hydrogens is 340 g/mol. The summed E-state index contributed by atoms with van der Waals surface area (Å²) >= 11 is 0. The van der Waals surface area contributed by atoms with Gasteiger partial charge >= 0.3 is 0 Å². The molecule has 0 bridgehead atoms. The summed E-state index contributed by atoms with van der Waals surface area (Å²) in [5.41, 5.74) is 0.421. The molecule has 0 radical (unpaired) electrons. The normalized spacial score (nSPS) is 23.2. The van der Waals surface area contributed by atoms with Crippen LogP contribution in [0.25, 0.3) is 0 Å². The Bertz CT molecular complexity index is 697. The fourth-order valence-corrected chi connectivity index (χ4v) is 5.35. The first kappa shape index (κ1) is 18.1. The molecule has 8 heteroatoms. The Morgan fingerprint density at radius 2 is 1.84 bits per heavy atom. The number of nitrogens with zero attached hydrogens (tertiary/aromatic N) is 4. The van der Waals surface area contributed by atoms with Gasteiger partial charge in [0.2, 0.25) is 5.95 Å². The summed E-state index contributed by atoms with van der Waals surface area (Å²) in [4.78, 5) is 25.3. The van der Waals surface area contributed by atoms with Gasteiger partial charge in [-0.25, -0.2) is 18.4 Å². The maximum Gasteiger partial charge on any atom is 0.257 e. The maximum atomic E-state index is 12.8. The molecule has 0 aromatic carbocycles. The Hall–Kier alpha value is -1.70. The van der Waals surface area contributed by atoms with Crippen molar-refractivity contribution >= 4 is 21.7 Å². The van der Waals surface area contributed by atoms with Crippen LogP contribution in [0.1, 0.15) is 49.4 Å². The van der Waals surface area contributed by atoms with Crippen molar-refractivity contribution in [2.45, 2.75) is 45.1 Å². The predicted molar refractivity (Wildman–Crippen MR) is 96.5 cm³/mol. The lowest BCUT2D eigenvalue weighted by molar-refractivity contribution is 0.0707. The van der Waals surface area contributed by atoms with E-state index in [2.05, 4.69) is 14.9 Å². The zero-order valence-corrected chi connectivity index (χ0v) is 15.5. The van der Waals surface area contributed by atoms with Crippen molar-refractivity contribution in [1.82, 2.24) is 14.9 Å². The molecule has 1 atom stereocenters. The van der Waals surface area contributed by atoms with Crippen LogP contribution in [0, 0.1) is 0 Å². The summed E-state index contributed by atoms with van der Waals surface area (Å²) in [6, 6.07) is -0.243. The summed E-state index contributed by atoms with van der Waals surface area (Å²) in [5, 5.41) is 0. The molecule has 2 aliphatic heterocycles. The van der Waals surface area contributed by atoms with Crippen LogP contribution in [0.15, 0.2) is 12.4 Å². The lowest BCUT2D eigenvalue weighted by Gasteiger charge is -2.27. The lowest BCUT2D eigenvalue weighted by atomic mass is 10.2. The van der Waals surface area contributed by atoms with Gasteiger partial charge in [-0.2, -0.15) is 0 Å². The van der Waals surface area contributed by atoms with Gasteiger partial charge in [-0.15, -0.1) is 0 Å². The van der Waals surface area contributed by atoms with Crippen molar-refractivity contribution in [2.24, 2.45) is 0 Å². The van der Waals surface area contributed by atoms with Gasteiger partial charge in [0.25, 0.3) is 5.91 Å². The molecule has 1 aromatic rings. The maximum absolute atomic E-state index is 12.8. The fourth-order valence-electron chi connectivity index (χ4n) is 3.62. The van der Waals surface area contributed by atoms with E-state index in [1.807, 2.05) is 6.92 Å². The van der Waals surface area contributed by atoms with Gasteiger partial charge in [-0.05, 0) is 26.2 Å². The zero-order valence-electron chi connectivity index (χ0n) is 14.7. The molecule has 3 rings (SSSR count). The Morgan fingerprint density at radius 3 is 2.36 bits per heavy atom. The van der Waals surface area contributed by atoms with E-state index >= 15 is 0 Å². The molecule has 1 amide bonds. The van der Waals surface area contributed by atoms with E-state index in [1.165, 1.54) is 12.8 Å². The van der Waals surface area contributed by atoms with Crippen molar-refractivity contribution in [3.8, 4) is 0 Å². The molecule has 2 saturated heterocycles. The lowest BCUT2D eigenvalue weighted by Crippen LogP contribution is -2.41. The second-order valence-corrected chi connectivity index (χ2v) is 9.05. The second-order valence-electron chi connectivity index (χ2n) is 6.82. The summed E-state index contributed by atoms with van der Waals surface area (Å²) in [7, 11) is -3.02. The number of sulfone groups is 1. The van der Waals surface area contributed by atoms with Gasteiger partial charge in [0.15, 0.2) is 9.84 Å². The number of hydrogen-bond donors (Lipinski definition) is 0. The highest BCUT2D eigenvalue weighted by atomic mass is 32.2. The molecule has 7 nitrogen and oxygen atoms in total. The molecule has 1 aromatic heterocycles. The highest BCUT2D eigenvalue weighted by Gasteiger charge is 2.34. The summed E-state index contributed by atoms with van der Waals surface area (Å²) in [5.74, 6) is 0.697. The standard InChI is InChI=1S/C17H26N4O3S/c1-2-21(15-7-10-25(23,24)13-15)16(22)14-11-18-17(19-12-14)20-8-5-3-4-6-9-20/h11-12,15H,2-10,13H2,1H3. The summed E-state index contributed by atoms with van der Waals surface area (Å²) < 4.78 is 23.4. The zero-order chi connectivity index (χ0) is 17.9. The number of carbonyl (C=O) groups is 1. The average molecular weight is 366 g/mol. The Labute approximate surface area is 149 Å². The van der Waals surface area contributed by atoms with Crippen LogP contribution >= 0.6 is 0 Å². The van der Waals surface area contributed by atoms with Gasteiger partial charge < -0.3 is 9.80 Å². The number of rotatable bonds is 4. The average Bonchev–Trinajstić information content (AvgIpc) is 2.81. The van der Waals surface area contributed by atoms with Crippen molar-refractivity contribution in [3.63, 3.8) is 0 Å². The number of carbonyl (C=O) groups excluding carboxylic acids is 1. The van der Waals surface area contributed by atoms with Crippen molar-refractivity contribution in [2.75, 3.05) is 36.0 Å². The van der Waals surface area contributed by atoms with E-state index in [0.29, 0.717) is 24.5 Å². The van der Waals surface area contributed by atoms with Crippen LogP contribution in [0.4, 0.5) is 5.95 Å². The van der Waals surface area contributed by atoms with Crippen LogP contribution < -0.4 is 4.90 Å². The molecule has 3 heterocycles. The van der Waals surface area contributed by atoms with Gasteiger partial charge in [-0.1, -0.05) is 12.8 Å². The third kappa shape index (κ3) is 4.29. The van der Waals surface area contributed by atoms with Crippen LogP contribution in [0.3, 0.4) is 0 Å². The minimum atomic E-state index is -3.02. The largest absolute Gasteiger partial charge is 0.341 e. The third-order valence-electron chi connectivity index (χ3n) is 5.02. The minimum absolute atomic E-state index is 0.0549. The number of amides is 1. The molecule has 0 spiro atoms. The number of aromatic nitrogens is 2. The molecule has 0 aliphatic carbocycles. The fraction of sp³-hybridized carbons (Fsp3) is 0.706. The number of hydrogen-bond acceptors (Lipinski definition) is 6. The Morgan fingerprint density at radius 1 is 1.20 bits per heavy atom.